The van der Waals surface area contributed by atoms with Crippen molar-refractivity contribution in [2.75, 3.05) is 43.4 Å². The third kappa shape index (κ3) is 8.60. The predicted molar refractivity (Wildman–Crippen MR) is 234 cm³/mol. The first kappa shape index (κ1) is 41.3. The number of carbonyl (C=O) groups excluding carboxylic acids is 6. The number of anilines is 2. The number of aromatic nitrogens is 3. The zero-order valence-electron chi connectivity index (χ0n) is 35.0. The van der Waals surface area contributed by atoms with Gasteiger partial charge in [-0.15, -0.1) is 0 Å². The molecule has 0 radical (unpaired) electrons. The van der Waals surface area contributed by atoms with Crippen LogP contribution in [0.2, 0.25) is 0 Å². The van der Waals surface area contributed by atoms with Crippen molar-refractivity contribution in [3.8, 4) is 11.8 Å². The van der Waals surface area contributed by atoms with E-state index in [1.807, 2.05) is 43.3 Å². The second kappa shape index (κ2) is 17.8. The fourth-order valence-corrected chi connectivity index (χ4v) is 9.14. The number of aryl methyl sites for hydroxylation is 2. The van der Waals surface area contributed by atoms with Crippen molar-refractivity contribution in [1.29, 1.82) is 0 Å². The lowest BCUT2D eigenvalue weighted by Gasteiger charge is -2.41. The molecule has 15 nitrogen and oxygen atoms in total. The largest absolute Gasteiger partial charge is 0.325 e. The highest BCUT2D eigenvalue weighted by atomic mass is 16.2. The Hall–Kier alpha value is -7.02. The van der Waals surface area contributed by atoms with Crippen molar-refractivity contribution in [3.05, 3.63) is 124 Å². The van der Waals surface area contributed by atoms with Gasteiger partial charge in [0.1, 0.15) is 11.7 Å². The number of piperazine rings is 1. The number of rotatable bonds is 10. The van der Waals surface area contributed by atoms with E-state index in [0.717, 1.165) is 80.1 Å². The van der Waals surface area contributed by atoms with E-state index in [-0.39, 0.29) is 47.9 Å². The number of amides is 6. The van der Waals surface area contributed by atoms with Crippen molar-refractivity contribution < 1.29 is 28.8 Å². The summed E-state index contributed by atoms with van der Waals surface area (Å²) >= 11 is 0. The molecule has 3 aromatic carbocycles. The molecule has 2 atom stereocenters. The Balaban J connectivity index is 0.741. The van der Waals surface area contributed by atoms with Crippen molar-refractivity contribution in [3.63, 3.8) is 0 Å². The van der Waals surface area contributed by atoms with Crippen LogP contribution in [0.3, 0.4) is 0 Å². The SMILES string of the molecule is Cc1ccc(NC(=O)c2ccc3c(c2)CCCC3N2CCN(CCCCC(=O)Nc3cccc4c3C(=O)N(C3CCC(=O)NC3=O)C4=O)CC2)cc1C#Cc1cnc2cccnn12. The fraction of sp³-hybridized carbons (Fsp3) is 0.333. The van der Waals surface area contributed by atoms with E-state index in [1.165, 1.54) is 17.2 Å². The molecule has 63 heavy (non-hydrogen) atoms. The molecule has 15 heteroatoms. The number of benzene rings is 3. The number of piperidine rings is 1. The van der Waals surface area contributed by atoms with E-state index >= 15 is 0 Å². The molecule has 0 bridgehead atoms. The van der Waals surface area contributed by atoms with Gasteiger partial charge >= 0.3 is 0 Å². The van der Waals surface area contributed by atoms with E-state index in [0.29, 0.717) is 29.4 Å². The molecule has 4 aliphatic rings. The molecule has 2 aromatic heterocycles. The maximum Gasteiger partial charge on any atom is 0.264 e. The summed E-state index contributed by atoms with van der Waals surface area (Å²) in [6.45, 7) is 6.57. The van der Waals surface area contributed by atoms with Gasteiger partial charge in [0.25, 0.3) is 17.7 Å². The van der Waals surface area contributed by atoms with Gasteiger partial charge < -0.3 is 15.5 Å². The number of imidazole rings is 1. The fourth-order valence-electron chi connectivity index (χ4n) is 9.14. The second-order valence-electron chi connectivity index (χ2n) is 16.6. The molecule has 5 heterocycles. The van der Waals surface area contributed by atoms with Gasteiger partial charge in [-0.25, -0.2) is 9.50 Å². The summed E-state index contributed by atoms with van der Waals surface area (Å²) in [6, 6.07) is 19.5. The third-order valence-corrected chi connectivity index (χ3v) is 12.5. The van der Waals surface area contributed by atoms with Gasteiger partial charge in [0.15, 0.2) is 5.65 Å². The van der Waals surface area contributed by atoms with Crippen LogP contribution in [0, 0.1) is 18.8 Å². The summed E-state index contributed by atoms with van der Waals surface area (Å²) in [5.74, 6) is 3.60. The Morgan fingerprint density at radius 2 is 1.71 bits per heavy atom. The van der Waals surface area contributed by atoms with Gasteiger partial charge in [-0.3, -0.25) is 43.9 Å². The molecule has 2 fully saturated rings. The molecule has 3 aliphatic heterocycles. The first-order valence-corrected chi connectivity index (χ1v) is 21.6. The topological polar surface area (TPSA) is 178 Å². The van der Waals surface area contributed by atoms with Crippen LogP contribution in [0.1, 0.15) is 110 Å². The lowest BCUT2D eigenvalue weighted by atomic mass is 9.85. The summed E-state index contributed by atoms with van der Waals surface area (Å²) in [5, 5.41) is 12.4. The molecule has 1 aliphatic carbocycles. The van der Waals surface area contributed by atoms with Crippen molar-refractivity contribution >= 4 is 52.5 Å². The smallest absolute Gasteiger partial charge is 0.264 e. The third-order valence-electron chi connectivity index (χ3n) is 12.5. The molecule has 0 saturated carbocycles. The summed E-state index contributed by atoms with van der Waals surface area (Å²) in [5.41, 5.74) is 7.48. The summed E-state index contributed by atoms with van der Waals surface area (Å²) < 4.78 is 1.70. The maximum atomic E-state index is 13.5. The first-order valence-electron chi connectivity index (χ1n) is 21.6. The van der Waals surface area contributed by atoms with Crippen LogP contribution in [0.5, 0.6) is 0 Å². The first-order chi connectivity index (χ1) is 30.6. The van der Waals surface area contributed by atoms with Crippen LogP contribution < -0.4 is 16.0 Å². The lowest BCUT2D eigenvalue weighted by Crippen LogP contribution is -2.54. The molecule has 320 valence electrons. The van der Waals surface area contributed by atoms with E-state index in [4.69, 9.17) is 0 Å². The van der Waals surface area contributed by atoms with Crippen LogP contribution in [-0.4, -0.2) is 104 Å². The molecule has 6 amide bonds. The molecule has 2 unspecified atom stereocenters. The Kier molecular flexibility index (Phi) is 11.7. The van der Waals surface area contributed by atoms with E-state index in [2.05, 4.69) is 59.8 Å². The minimum atomic E-state index is -1.07. The summed E-state index contributed by atoms with van der Waals surface area (Å²) in [4.78, 5) is 87.4. The summed E-state index contributed by atoms with van der Waals surface area (Å²) in [6.07, 6.45) is 8.30. The molecule has 0 spiro atoms. The molecular weight excluding hydrogens is 799 g/mol. The van der Waals surface area contributed by atoms with Crippen molar-refractivity contribution in [2.24, 2.45) is 0 Å². The Labute approximate surface area is 364 Å². The van der Waals surface area contributed by atoms with E-state index in [1.54, 1.807) is 29.0 Å². The van der Waals surface area contributed by atoms with Crippen LogP contribution in [0.15, 0.2) is 79.1 Å². The number of hydrogen-bond donors (Lipinski definition) is 3. The second-order valence-corrected chi connectivity index (χ2v) is 16.6. The van der Waals surface area contributed by atoms with Gasteiger partial charge in [0.05, 0.1) is 23.0 Å². The minimum absolute atomic E-state index is 0.0312. The lowest BCUT2D eigenvalue weighted by molar-refractivity contribution is -0.136. The zero-order chi connectivity index (χ0) is 43.6. The maximum absolute atomic E-state index is 13.5. The highest BCUT2D eigenvalue weighted by molar-refractivity contribution is 6.26. The van der Waals surface area contributed by atoms with Crippen molar-refractivity contribution in [2.45, 2.75) is 70.4 Å². The van der Waals surface area contributed by atoms with Gasteiger partial charge in [-0.05, 0) is 123 Å². The van der Waals surface area contributed by atoms with Gasteiger partial charge in [-0.2, -0.15) is 5.10 Å². The molecule has 3 N–H and O–H groups in total. The van der Waals surface area contributed by atoms with E-state index < -0.39 is 29.7 Å². The average molecular weight is 846 g/mol. The number of hydrogen-bond acceptors (Lipinski definition) is 10. The zero-order valence-corrected chi connectivity index (χ0v) is 35.0. The van der Waals surface area contributed by atoms with Gasteiger partial charge in [0.2, 0.25) is 17.7 Å². The quantitative estimate of drug-likeness (QED) is 0.0996. The Morgan fingerprint density at radius 1 is 0.857 bits per heavy atom. The highest BCUT2D eigenvalue weighted by Crippen LogP contribution is 2.36. The minimum Gasteiger partial charge on any atom is -0.325 e. The van der Waals surface area contributed by atoms with Crippen LogP contribution in [-0.2, 0) is 20.8 Å². The van der Waals surface area contributed by atoms with Crippen LogP contribution >= 0.6 is 0 Å². The molecule has 5 aromatic rings. The Bertz CT molecular complexity index is 2740. The van der Waals surface area contributed by atoms with Gasteiger partial charge in [0, 0.05) is 68.1 Å². The monoisotopic (exact) mass is 845 g/mol. The number of imide groups is 2. The molecular formula is C48H47N9O6. The number of carbonyl (C=O) groups is 6. The number of nitrogens with zero attached hydrogens (tertiary/aromatic N) is 6. The number of unbranched alkanes of at least 4 members (excludes halogenated alkanes) is 1. The Morgan fingerprint density at radius 3 is 2.56 bits per heavy atom. The average Bonchev–Trinajstić information content (AvgIpc) is 3.82. The van der Waals surface area contributed by atoms with Crippen LogP contribution in [0.4, 0.5) is 11.4 Å². The number of nitrogens with one attached hydrogen (secondary N) is 3. The predicted octanol–water partition coefficient (Wildman–Crippen LogP) is 4.90. The highest BCUT2D eigenvalue weighted by Gasteiger charge is 2.45. The number of fused-ring (bicyclic) bond motifs is 3. The van der Waals surface area contributed by atoms with Crippen LogP contribution in [0.25, 0.3) is 5.65 Å². The standard InChI is InChI=1S/C48H47N9O6/c1-30-13-16-34(28-31(30)14-17-35-29-49-41-11-6-21-50-57(35)41)51-45(60)33-15-18-36-32(27-33)7-4-10-39(36)55-25-23-54(24-26-55)22-3-2-12-42(58)52-38-9-5-8-37-44(38)48(63)56(47(37)62)40-19-20-43(59)53-46(40)61/h5-6,8-9,11,13,15-16,18,21,27-29,39-40H,2-4,7,10,12,19-20,22-26H2,1H3,(H,51,60)(H,52,58)(H,53,59,61). The van der Waals surface area contributed by atoms with Gasteiger partial charge in [-0.1, -0.05) is 24.1 Å². The normalized spacial score (nSPS) is 19.0. The summed E-state index contributed by atoms with van der Waals surface area (Å²) in [7, 11) is 0. The van der Waals surface area contributed by atoms with E-state index in [9.17, 15) is 28.8 Å². The molecule has 9 rings (SSSR count). The van der Waals surface area contributed by atoms with Crippen molar-refractivity contribution in [1.82, 2.24) is 34.6 Å². The molecule has 2 saturated heterocycles.